The average Bonchev–Trinajstić information content (AvgIpc) is 2.83. The van der Waals surface area contributed by atoms with Crippen LogP contribution in [0.2, 0.25) is 5.02 Å². The van der Waals surface area contributed by atoms with Crippen LogP contribution in [0.4, 0.5) is 0 Å². The first-order valence-corrected chi connectivity index (χ1v) is 7.02. The number of nitrogens with one attached hydrogen (secondary N) is 1. The van der Waals surface area contributed by atoms with Gasteiger partial charge in [0.15, 0.2) is 0 Å². The van der Waals surface area contributed by atoms with Gasteiger partial charge in [0.2, 0.25) is 0 Å². The quantitative estimate of drug-likeness (QED) is 0.908. The maximum Gasteiger partial charge on any atom is 0.123 e. The fraction of sp³-hybridized carbons (Fsp3) is 0.250. The highest BCUT2D eigenvalue weighted by Gasteiger charge is 2.22. The summed E-state index contributed by atoms with van der Waals surface area (Å²) in [4.78, 5) is 0. The summed E-state index contributed by atoms with van der Waals surface area (Å²) in [7, 11) is 0. The molecule has 2 aromatic carbocycles. The smallest absolute Gasteiger partial charge is 0.123 e. The first kappa shape index (κ1) is 13.3. The number of fused-ring (bicyclic) bond motifs is 1. The van der Waals surface area contributed by atoms with Crippen molar-refractivity contribution in [2.24, 2.45) is 0 Å². The lowest BCUT2D eigenvalue weighted by Gasteiger charge is -2.12. The molecule has 104 valence electrons. The molecule has 1 aliphatic heterocycles. The van der Waals surface area contributed by atoms with Crippen LogP contribution in [0.1, 0.15) is 11.1 Å². The van der Waals surface area contributed by atoms with Crippen molar-refractivity contribution in [3.05, 3.63) is 58.6 Å². The molecular weight excluding hydrogens is 274 g/mol. The third kappa shape index (κ3) is 3.06. The fourth-order valence-electron chi connectivity index (χ4n) is 2.39. The van der Waals surface area contributed by atoms with Gasteiger partial charge in [0.25, 0.3) is 0 Å². The van der Waals surface area contributed by atoms with E-state index in [-0.39, 0.29) is 6.10 Å². The highest BCUT2D eigenvalue weighted by Crippen LogP contribution is 2.30. The van der Waals surface area contributed by atoms with Crippen LogP contribution in [-0.2, 0) is 13.0 Å². The minimum atomic E-state index is 0.153. The molecule has 2 aromatic rings. The molecule has 4 heteroatoms. The summed E-state index contributed by atoms with van der Waals surface area (Å²) in [6.07, 6.45) is 1.04. The number of hydrogen-bond acceptors (Lipinski definition) is 3. The van der Waals surface area contributed by atoms with E-state index in [1.54, 1.807) is 12.1 Å². The van der Waals surface area contributed by atoms with Gasteiger partial charge in [-0.05, 0) is 41.5 Å². The predicted molar refractivity (Wildman–Crippen MR) is 79.4 cm³/mol. The van der Waals surface area contributed by atoms with Crippen LogP contribution in [0.25, 0.3) is 0 Å². The number of ether oxygens (including phenoxy) is 1. The minimum absolute atomic E-state index is 0.153. The maximum absolute atomic E-state index is 9.23. The molecule has 1 aliphatic rings. The molecule has 0 aromatic heterocycles. The highest BCUT2D eigenvalue weighted by molar-refractivity contribution is 6.30. The summed E-state index contributed by atoms with van der Waals surface area (Å²) in [5, 5.41) is 13.4. The molecule has 3 rings (SSSR count). The standard InChI is InChI=1S/C16H16ClNO2/c17-13-3-6-16-12(7-13)8-15(20-16)10-18-9-11-1-4-14(19)5-2-11/h1-7,15,18-19H,8-10H2. The van der Waals surface area contributed by atoms with Gasteiger partial charge in [-0.2, -0.15) is 0 Å². The fourth-order valence-corrected chi connectivity index (χ4v) is 2.59. The number of aromatic hydroxyl groups is 1. The Balaban J connectivity index is 1.50. The molecule has 0 spiro atoms. The van der Waals surface area contributed by atoms with Crippen molar-refractivity contribution < 1.29 is 9.84 Å². The molecular formula is C16H16ClNO2. The Hall–Kier alpha value is -1.71. The summed E-state index contributed by atoms with van der Waals surface area (Å²) in [6.45, 7) is 1.55. The zero-order valence-corrected chi connectivity index (χ0v) is 11.7. The molecule has 1 unspecified atom stereocenters. The number of hydrogen-bond donors (Lipinski definition) is 2. The van der Waals surface area contributed by atoms with Crippen molar-refractivity contribution in [1.82, 2.24) is 5.32 Å². The zero-order chi connectivity index (χ0) is 13.9. The summed E-state index contributed by atoms with van der Waals surface area (Å²) >= 11 is 5.98. The maximum atomic E-state index is 9.23. The molecule has 0 fully saturated rings. The third-order valence-corrected chi connectivity index (χ3v) is 3.64. The summed E-state index contributed by atoms with van der Waals surface area (Å²) < 4.78 is 5.86. The van der Waals surface area contributed by atoms with Gasteiger partial charge >= 0.3 is 0 Å². The molecule has 0 bridgehead atoms. The Morgan fingerprint density at radius 1 is 1.20 bits per heavy atom. The van der Waals surface area contributed by atoms with E-state index in [2.05, 4.69) is 5.32 Å². The second-order valence-corrected chi connectivity index (χ2v) is 5.43. The molecule has 20 heavy (non-hydrogen) atoms. The second kappa shape index (κ2) is 5.73. The number of phenols is 1. The highest BCUT2D eigenvalue weighted by atomic mass is 35.5. The summed E-state index contributed by atoms with van der Waals surface area (Å²) in [6, 6.07) is 13.0. The molecule has 3 nitrogen and oxygen atoms in total. The normalized spacial score (nSPS) is 16.8. The summed E-state index contributed by atoms with van der Waals surface area (Å²) in [5.74, 6) is 1.23. The van der Waals surface area contributed by atoms with E-state index in [0.717, 1.165) is 35.8 Å². The predicted octanol–water partition coefficient (Wildman–Crippen LogP) is 3.14. The average molecular weight is 290 g/mol. The van der Waals surface area contributed by atoms with Crippen LogP contribution in [0, 0.1) is 0 Å². The molecule has 0 saturated heterocycles. The van der Waals surface area contributed by atoms with Gasteiger partial charge in [-0.15, -0.1) is 0 Å². The lowest BCUT2D eigenvalue weighted by atomic mass is 10.1. The minimum Gasteiger partial charge on any atom is -0.508 e. The van der Waals surface area contributed by atoms with Gasteiger partial charge < -0.3 is 15.2 Å². The monoisotopic (exact) mass is 289 g/mol. The van der Waals surface area contributed by atoms with E-state index < -0.39 is 0 Å². The van der Waals surface area contributed by atoms with E-state index in [1.807, 2.05) is 30.3 Å². The van der Waals surface area contributed by atoms with Crippen molar-refractivity contribution in [2.45, 2.75) is 19.1 Å². The van der Waals surface area contributed by atoms with Crippen LogP contribution in [0.15, 0.2) is 42.5 Å². The topological polar surface area (TPSA) is 41.5 Å². The van der Waals surface area contributed by atoms with E-state index >= 15 is 0 Å². The lowest BCUT2D eigenvalue weighted by Crippen LogP contribution is -2.29. The van der Waals surface area contributed by atoms with E-state index in [4.69, 9.17) is 16.3 Å². The van der Waals surface area contributed by atoms with Crippen LogP contribution >= 0.6 is 11.6 Å². The van der Waals surface area contributed by atoms with Crippen LogP contribution in [0.5, 0.6) is 11.5 Å². The largest absolute Gasteiger partial charge is 0.508 e. The van der Waals surface area contributed by atoms with Crippen LogP contribution < -0.4 is 10.1 Å². The van der Waals surface area contributed by atoms with Gasteiger partial charge in [0.05, 0.1) is 0 Å². The second-order valence-electron chi connectivity index (χ2n) is 4.99. The van der Waals surface area contributed by atoms with Crippen molar-refractivity contribution in [1.29, 1.82) is 0 Å². The Morgan fingerprint density at radius 2 is 2.00 bits per heavy atom. The SMILES string of the molecule is Oc1ccc(CNCC2Cc3cc(Cl)ccc3O2)cc1. The molecule has 1 atom stereocenters. The van der Waals surface area contributed by atoms with Crippen molar-refractivity contribution >= 4 is 11.6 Å². The molecule has 0 radical (unpaired) electrons. The van der Waals surface area contributed by atoms with Gasteiger partial charge in [-0.25, -0.2) is 0 Å². The van der Waals surface area contributed by atoms with Crippen molar-refractivity contribution in [3.63, 3.8) is 0 Å². The number of rotatable bonds is 4. The molecule has 2 N–H and O–H groups in total. The number of benzene rings is 2. The van der Waals surface area contributed by atoms with Gasteiger partial charge in [-0.3, -0.25) is 0 Å². The number of halogens is 1. The van der Waals surface area contributed by atoms with Crippen molar-refractivity contribution in [2.75, 3.05) is 6.54 Å². The summed E-state index contributed by atoms with van der Waals surface area (Å²) in [5.41, 5.74) is 2.32. The van der Waals surface area contributed by atoms with Gasteiger partial charge in [0, 0.05) is 24.5 Å². The Bertz CT molecular complexity index is 598. The van der Waals surface area contributed by atoms with E-state index in [1.165, 1.54) is 5.56 Å². The Morgan fingerprint density at radius 3 is 2.80 bits per heavy atom. The van der Waals surface area contributed by atoms with Crippen LogP contribution in [0.3, 0.4) is 0 Å². The van der Waals surface area contributed by atoms with Gasteiger partial charge in [-0.1, -0.05) is 23.7 Å². The molecule has 0 amide bonds. The van der Waals surface area contributed by atoms with E-state index in [9.17, 15) is 5.11 Å². The van der Waals surface area contributed by atoms with E-state index in [0.29, 0.717) is 5.75 Å². The van der Waals surface area contributed by atoms with Crippen LogP contribution in [-0.4, -0.2) is 17.8 Å². The molecule has 1 heterocycles. The number of phenolic OH excluding ortho intramolecular Hbond substituents is 1. The lowest BCUT2D eigenvalue weighted by molar-refractivity contribution is 0.227. The van der Waals surface area contributed by atoms with Crippen molar-refractivity contribution in [3.8, 4) is 11.5 Å². The first-order valence-electron chi connectivity index (χ1n) is 6.64. The molecule has 0 aliphatic carbocycles. The zero-order valence-electron chi connectivity index (χ0n) is 11.0. The third-order valence-electron chi connectivity index (χ3n) is 3.40. The molecule has 0 saturated carbocycles. The van der Waals surface area contributed by atoms with Gasteiger partial charge in [0.1, 0.15) is 17.6 Å². The Labute approximate surface area is 123 Å². The Kier molecular flexibility index (Phi) is 3.81. The first-order chi connectivity index (χ1) is 9.70.